The van der Waals surface area contributed by atoms with E-state index in [9.17, 15) is 9.59 Å². The minimum Gasteiger partial charge on any atom is -0.497 e. The lowest BCUT2D eigenvalue weighted by Gasteiger charge is -2.09. The second-order valence-corrected chi connectivity index (χ2v) is 5.51. The standard InChI is InChI=1S/C19H21N3O4/c1-12-6-5-7-16(13(12)2)21-18(23)19(24)22-20-11-14-10-15(25-3)8-9-17(14)26-4/h5-11H,1-4H3,(H,21,23)(H,22,24). The van der Waals surface area contributed by atoms with Crippen LogP contribution in [0, 0.1) is 13.8 Å². The summed E-state index contributed by atoms with van der Waals surface area (Å²) >= 11 is 0. The Morgan fingerprint density at radius 2 is 1.81 bits per heavy atom. The molecule has 0 bridgehead atoms. The fourth-order valence-electron chi connectivity index (χ4n) is 2.22. The zero-order chi connectivity index (χ0) is 19.1. The van der Waals surface area contributed by atoms with Gasteiger partial charge in [0.2, 0.25) is 0 Å². The third kappa shape index (κ3) is 4.60. The van der Waals surface area contributed by atoms with Crippen molar-refractivity contribution < 1.29 is 19.1 Å². The molecule has 2 aromatic rings. The molecule has 0 unspecified atom stereocenters. The predicted molar refractivity (Wildman–Crippen MR) is 99.8 cm³/mol. The van der Waals surface area contributed by atoms with Gasteiger partial charge in [-0.25, -0.2) is 5.43 Å². The molecule has 0 aliphatic carbocycles. The van der Waals surface area contributed by atoms with Gasteiger partial charge in [0, 0.05) is 11.3 Å². The molecule has 0 saturated heterocycles. The Balaban J connectivity index is 2.03. The fraction of sp³-hybridized carbons (Fsp3) is 0.211. The summed E-state index contributed by atoms with van der Waals surface area (Å²) in [7, 11) is 3.07. The Hall–Kier alpha value is -3.35. The largest absolute Gasteiger partial charge is 0.497 e. The molecule has 136 valence electrons. The Morgan fingerprint density at radius 1 is 1.04 bits per heavy atom. The Kier molecular flexibility index (Phi) is 6.32. The molecule has 0 fully saturated rings. The number of aryl methyl sites for hydroxylation is 1. The van der Waals surface area contributed by atoms with Crippen molar-refractivity contribution in [2.24, 2.45) is 5.10 Å². The van der Waals surface area contributed by atoms with Crippen molar-refractivity contribution in [2.75, 3.05) is 19.5 Å². The van der Waals surface area contributed by atoms with Gasteiger partial charge in [0.15, 0.2) is 0 Å². The van der Waals surface area contributed by atoms with Crippen LogP contribution in [0.4, 0.5) is 5.69 Å². The van der Waals surface area contributed by atoms with E-state index in [4.69, 9.17) is 9.47 Å². The van der Waals surface area contributed by atoms with Gasteiger partial charge in [-0.1, -0.05) is 12.1 Å². The molecular formula is C19H21N3O4. The summed E-state index contributed by atoms with van der Waals surface area (Å²) < 4.78 is 10.4. The molecule has 2 aromatic carbocycles. The van der Waals surface area contributed by atoms with Gasteiger partial charge in [-0.15, -0.1) is 0 Å². The first-order valence-corrected chi connectivity index (χ1v) is 7.89. The highest BCUT2D eigenvalue weighted by molar-refractivity contribution is 6.39. The maximum absolute atomic E-state index is 12.0. The van der Waals surface area contributed by atoms with Crippen molar-refractivity contribution in [3.8, 4) is 11.5 Å². The number of hydrogen-bond donors (Lipinski definition) is 2. The van der Waals surface area contributed by atoms with Crippen LogP contribution in [0.1, 0.15) is 16.7 Å². The summed E-state index contributed by atoms with van der Waals surface area (Å²) in [6.45, 7) is 3.80. The minimum atomic E-state index is -0.871. The van der Waals surface area contributed by atoms with Crippen molar-refractivity contribution in [3.63, 3.8) is 0 Å². The lowest BCUT2D eigenvalue weighted by Crippen LogP contribution is -2.32. The maximum Gasteiger partial charge on any atom is 0.329 e. The first kappa shape index (κ1) is 19.0. The van der Waals surface area contributed by atoms with Crippen molar-refractivity contribution in [2.45, 2.75) is 13.8 Å². The summed E-state index contributed by atoms with van der Waals surface area (Å²) in [6.07, 6.45) is 1.38. The smallest absolute Gasteiger partial charge is 0.329 e. The predicted octanol–water partition coefficient (Wildman–Crippen LogP) is 2.41. The van der Waals surface area contributed by atoms with Crippen LogP contribution in [0.25, 0.3) is 0 Å². The number of amides is 2. The van der Waals surface area contributed by atoms with E-state index in [1.54, 1.807) is 31.4 Å². The number of methoxy groups -OCH3 is 2. The minimum absolute atomic E-state index is 0.559. The van der Waals surface area contributed by atoms with Crippen molar-refractivity contribution >= 4 is 23.7 Å². The van der Waals surface area contributed by atoms with Gasteiger partial charge >= 0.3 is 11.8 Å². The number of carbonyl (C=O) groups is 2. The Morgan fingerprint density at radius 3 is 2.50 bits per heavy atom. The number of anilines is 1. The van der Waals surface area contributed by atoms with Gasteiger partial charge < -0.3 is 14.8 Å². The second-order valence-electron chi connectivity index (χ2n) is 5.51. The van der Waals surface area contributed by atoms with Gasteiger partial charge in [-0.2, -0.15) is 5.10 Å². The molecule has 0 radical (unpaired) electrons. The number of ether oxygens (including phenoxy) is 2. The second kappa shape index (κ2) is 8.66. The molecule has 0 heterocycles. The molecule has 0 aliphatic heterocycles. The molecule has 0 aromatic heterocycles. The number of rotatable bonds is 5. The van der Waals surface area contributed by atoms with E-state index in [2.05, 4.69) is 15.8 Å². The molecule has 7 nitrogen and oxygen atoms in total. The van der Waals surface area contributed by atoms with E-state index in [0.29, 0.717) is 22.7 Å². The Labute approximate surface area is 152 Å². The first-order chi connectivity index (χ1) is 12.5. The topological polar surface area (TPSA) is 89.0 Å². The summed E-state index contributed by atoms with van der Waals surface area (Å²) in [6, 6.07) is 10.6. The third-order valence-electron chi connectivity index (χ3n) is 3.87. The van der Waals surface area contributed by atoms with Crippen molar-refractivity contribution in [1.82, 2.24) is 5.43 Å². The normalized spacial score (nSPS) is 10.5. The molecule has 2 amide bonds. The number of hydrazone groups is 1. The van der Waals surface area contributed by atoms with Crippen LogP contribution in [-0.4, -0.2) is 32.2 Å². The molecule has 0 atom stereocenters. The van der Waals surface area contributed by atoms with E-state index in [1.165, 1.54) is 13.3 Å². The summed E-state index contributed by atoms with van der Waals surface area (Å²) in [5.74, 6) is -0.493. The third-order valence-corrected chi connectivity index (χ3v) is 3.87. The van der Waals surface area contributed by atoms with Crippen LogP contribution < -0.4 is 20.2 Å². The van der Waals surface area contributed by atoms with Crippen LogP contribution in [0.2, 0.25) is 0 Å². The van der Waals surface area contributed by atoms with E-state index in [0.717, 1.165) is 11.1 Å². The number of nitrogens with zero attached hydrogens (tertiary/aromatic N) is 1. The fourth-order valence-corrected chi connectivity index (χ4v) is 2.22. The zero-order valence-electron chi connectivity index (χ0n) is 15.1. The lowest BCUT2D eigenvalue weighted by atomic mass is 10.1. The molecule has 0 spiro atoms. The van der Waals surface area contributed by atoms with E-state index >= 15 is 0 Å². The zero-order valence-corrected chi connectivity index (χ0v) is 15.1. The summed E-state index contributed by atoms with van der Waals surface area (Å²) in [5.41, 5.74) is 5.30. The lowest BCUT2D eigenvalue weighted by molar-refractivity contribution is -0.136. The van der Waals surface area contributed by atoms with Gasteiger partial charge in [0.05, 0.1) is 20.4 Å². The highest BCUT2D eigenvalue weighted by Crippen LogP contribution is 2.22. The number of nitrogens with one attached hydrogen (secondary N) is 2. The van der Waals surface area contributed by atoms with Gasteiger partial charge in [-0.05, 0) is 49.2 Å². The SMILES string of the molecule is COc1ccc(OC)c(C=NNC(=O)C(=O)Nc2cccc(C)c2C)c1. The van der Waals surface area contributed by atoms with Crippen LogP contribution in [-0.2, 0) is 9.59 Å². The monoisotopic (exact) mass is 355 g/mol. The Bertz CT molecular complexity index is 847. The van der Waals surface area contributed by atoms with Crippen LogP contribution in [0.15, 0.2) is 41.5 Å². The molecule has 7 heteroatoms. The van der Waals surface area contributed by atoms with E-state index in [-0.39, 0.29) is 0 Å². The number of benzene rings is 2. The van der Waals surface area contributed by atoms with Gasteiger partial charge in [0.25, 0.3) is 0 Å². The summed E-state index contributed by atoms with van der Waals surface area (Å²) in [4.78, 5) is 23.9. The highest BCUT2D eigenvalue weighted by atomic mass is 16.5. The van der Waals surface area contributed by atoms with E-state index in [1.807, 2.05) is 26.0 Å². The van der Waals surface area contributed by atoms with Crippen molar-refractivity contribution in [3.05, 3.63) is 53.1 Å². The molecule has 2 rings (SSSR count). The number of carbonyl (C=O) groups excluding carboxylic acids is 2. The van der Waals surface area contributed by atoms with Crippen LogP contribution >= 0.6 is 0 Å². The van der Waals surface area contributed by atoms with E-state index < -0.39 is 11.8 Å². The molecular weight excluding hydrogens is 334 g/mol. The van der Waals surface area contributed by atoms with Crippen LogP contribution in [0.5, 0.6) is 11.5 Å². The maximum atomic E-state index is 12.0. The molecule has 26 heavy (non-hydrogen) atoms. The van der Waals surface area contributed by atoms with Gasteiger partial charge in [0.1, 0.15) is 11.5 Å². The molecule has 2 N–H and O–H groups in total. The summed E-state index contributed by atoms with van der Waals surface area (Å²) in [5, 5.41) is 6.38. The number of hydrogen-bond acceptors (Lipinski definition) is 5. The average Bonchev–Trinajstić information content (AvgIpc) is 2.65. The molecule has 0 saturated carbocycles. The highest BCUT2D eigenvalue weighted by Gasteiger charge is 2.14. The molecule has 0 aliphatic rings. The average molecular weight is 355 g/mol. The quantitative estimate of drug-likeness (QED) is 0.490. The van der Waals surface area contributed by atoms with Gasteiger partial charge in [-0.3, -0.25) is 9.59 Å². The first-order valence-electron chi connectivity index (χ1n) is 7.89. The van der Waals surface area contributed by atoms with Crippen LogP contribution in [0.3, 0.4) is 0 Å². The van der Waals surface area contributed by atoms with Crippen molar-refractivity contribution in [1.29, 1.82) is 0 Å².